The first kappa shape index (κ1) is 23.0. The molecule has 1 saturated heterocycles. The van der Waals surface area contributed by atoms with E-state index in [1.165, 1.54) is 24.9 Å². The summed E-state index contributed by atoms with van der Waals surface area (Å²) in [6.45, 7) is 6.59. The Bertz CT molecular complexity index is 969. The van der Waals surface area contributed by atoms with Crippen LogP contribution in [0.25, 0.3) is 0 Å². The number of anilines is 1. The zero-order valence-electron chi connectivity index (χ0n) is 18.4. The summed E-state index contributed by atoms with van der Waals surface area (Å²) in [6.07, 6.45) is 4.07. The van der Waals surface area contributed by atoms with Crippen LogP contribution in [0, 0.1) is 18.3 Å². The van der Waals surface area contributed by atoms with Crippen LogP contribution in [0.3, 0.4) is 0 Å². The number of benzene rings is 1. The lowest BCUT2D eigenvalue weighted by Crippen LogP contribution is -2.61. The molecule has 1 aliphatic heterocycles. The zero-order valence-corrected chi connectivity index (χ0v) is 19.3. The molecule has 0 saturated carbocycles. The maximum absolute atomic E-state index is 13.5. The summed E-state index contributed by atoms with van der Waals surface area (Å²) < 4.78 is 5.59. The number of methoxy groups -OCH3 is 1. The number of aryl methyl sites for hydroxylation is 1. The summed E-state index contributed by atoms with van der Waals surface area (Å²) in [5, 5.41) is 14.0. The molecule has 1 atom stereocenters. The van der Waals surface area contributed by atoms with E-state index in [1.54, 1.807) is 0 Å². The standard InChI is InChI=1S/C24H29N3O3S/c1-4-20(23(28)26-21-17(2)16-31-22(21)24(29)30-3)27(12-6-5-7-13-27)15-19-10-8-18(14-25)9-11-19/h8-11,16,20H,4-7,12-13,15H2,1-3H3/p+1. The number of rotatable bonds is 7. The Morgan fingerprint density at radius 3 is 2.48 bits per heavy atom. The quantitative estimate of drug-likeness (QED) is 0.503. The lowest BCUT2D eigenvalue weighted by atomic mass is 9.98. The molecule has 1 fully saturated rings. The van der Waals surface area contributed by atoms with Gasteiger partial charge in [0.05, 0.1) is 37.5 Å². The third-order valence-electron chi connectivity index (χ3n) is 6.23. The number of ether oxygens (including phenoxy) is 1. The molecular weight excluding hydrogens is 410 g/mol. The number of esters is 1. The Hall–Kier alpha value is -2.69. The van der Waals surface area contributed by atoms with Crippen LogP contribution in [0.15, 0.2) is 29.6 Å². The van der Waals surface area contributed by atoms with Gasteiger partial charge in [-0.1, -0.05) is 19.1 Å². The highest BCUT2D eigenvalue weighted by atomic mass is 32.1. The van der Waals surface area contributed by atoms with Gasteiger partial charge in [-0.05, 0) is 49.3 Å². The number of nitrogens with one attached hydrogen (secondary N) is 1. The maximum atomic E-state index is 13.5. The van der Waals surface area contributed by atoms with Gasteiger partial charge in [-0.2, -0.15) is 5.26 Å². The van der Waals surface area contributed by atoms with Crippen LogP contribution in [-0.4, -0.2) is 42.6 Å². The van der Waals surface area contributed by atoms with Crippen molar-refractivity contribution in [2.45, 2.75) is 52.1 Å². The van der Waals surface area contributed by atoms with Gasteiger partial charge in [-0.15, -0.1) is 11.3 Å². The predicted octanol–water partition coefficient (Wildman–Crippen LogP) is 4.63. The summed E-state index contributed by atoms with van der Waals surface area (Å²) in [5.74, 6) is -0.481. The van der Waals surface area contributed by atoms with Crippen molar-refractivity contribution in [3.63, 3.8) is 0 Å². The van der Waals surface area contributed by atoms with Crippen LogP contribution >= 0.6 is 11.3 Å². The minimum absolute atomic E-state index is 0.0512. The molecule has 1 aromatic carbocycles. The van der Waals surface area contributed by atoms with Crippen molar-refractivity contribution in [2.75, 3.05) is 25.5 Å². The van der Waals surface area contributed by atoms with Crippen molar-refractivity contribution >= 4 is 28.9 Å². The molecule has 0 aliphatic carbocycles. The fourth-order valence-electron chi connectivity index (χ4n) is 4.64. The number of amides is 1. The van der Waals surface area contributed by atoms with Crippen molar-refractivity contribution in [2.24, 2.45) is 0 Å². The molecule has 0 radical (unpaired) electrons. The zero-order chi connectivity index (χ0) is 22.4. The smallest absolute Gasteiger partial charge is 0.350 e. The number of hydrogen-bond donors (Lipinski definition) is 1. The molecule has 0 spiro atoms. The number of quaternary nitrogens is 1. The summed E-state index contributed by atoms with van der Waals surface area (Å²) in [7, 11) is 1.35. The Morgan fingerprint density at radius 2 is 1.90 bits per heavy atom. The largest absolute Gasteiger partial charge is 0.465 e. The number of thiophene rings is 1. The number of piperidine rings is 1. The van der Waals surface area contributed by atoms with Crippen LogP contribution in [0.2, 0.25) is 0 Å². The maximum Gasteiger partial charge on any atom is 0.350 e. The summed E-state index contributed by atoms with van der Waals surface area (Å²) in [5.41, 5.74) is 3.20. The van der Waals surface area contributed by atoms with Gasteiger partial charge in [0.15, 0.2) is 6.04 Å². The Morgan fingerprint density at radius 1 is 1.23 bits per heavy atom. The second-order valence-corrected chi connectivity index (χ2v) is 9.10. The van der Waals surface area contributed by atoms with Gasteiger partial charge in [0, 0.05) is 12.0 Å². The van der Waals surface area contributed by atoms with Crippen LogP contribution in [0.1, 0.15) is 59.0 Å². The van der Waals surface area contributed by atoms with E-state index >= 15 is 0 Å². The normalized spacial score (nSPS) is 16.2. The van der Waals surface area contributed by atoms with Crippen molar-refractivity contribution in [1.82, 2.24) is 0 Å². The Kier molecular flexibility index (Phi) is 7.47. The number of nitrogens with zero attached hydrogens (tertiary/aromatic N) is 2. The van der Waals surface area contributed by atoms with Crippen molar-refractivity contribution in [3.05, 3.63) is 51.2 Å². The number of hydrogen-bond acceptors (Lipinski definition) is 5. The first-order valence-electron chi connectivity index (χ1n) is 10.8. The third-order valence-corrected chi connectivity index (χ3v) is 7.31. The molecule has 2 aromatic rings. The van der Waals surface area contributed by atoms with Crippen molar-refractivity contribution in [1.29, 1.82) is 5.26 Å². The number of likely N-dealkylation sites (tertiary alicyclic amines) is 1. The van der Waals surface area contributed by atoms with Gasteiger partial charge in [0.2, 0.25) is 0 Å². The lowest BCUT2D eigenvalue weighted by molar-refractivity contribution is -0.959. The minimum atomic E-state index is -0.430. The topological polar surface area (TPSA) is 79.2 Å². The van der Waals surface area contributed by atoms with E-state index in [2.05, 4.69) is 18.3 Å². The second-order valence-electron chi connectivity index (χ2n) is 8.22. The molecule has 6 nitrogen and oxygen atoms in total. The Balaban J connectivity index is 1.89. The Labute approximate surface area is 188 Å². The fourth-order valence-corrected chi connectivity index (χ4v) is 5.56. The SMILES string of the molecule is CCC(C(=O)Nc1c(C)csc1C(=O)OC)[N+]1(Cc2ccc(C#N)cc2)CCCCC1. The van der Waals surface area contributed by atoms with Gasteiger partial charge in [-0.3, -0.25) is 4.79 Å². The molecule has 7 heteroatoms. The fraction of sp³-hybridized carbons (Fsp3) is 0.458. The number of nitriles is 1. The summed E-state index contributed by atoms with van der Waals surface area (Å²) >= 11 is 1.29. The molecular formula is C24H30N3O3S+. The van der Waals surface area contributed by atoms with Gasteiger partial charge < -0.3 is 14.5 Å². The van der Waals surface area contributed by atoms with E-state index in [-0.39, 0.29) is 11.9 Å². The predicted molar refractivity (Wildman–Crippen MR) is 122 cm³/mol. The molecule has 31 heavy (non-hydrogen) atoms. The third kappa shape index (κ3) is 4.97. The van der Waals surface area contributed by atoms with Crippen LogP contribution in [-0.2, 0) is 16.1 Å². The van der Waals surface area contributed by atoms with Crippen LogP contribution < -0.4 is 5.32 Å². The van der Waals surface area contributed by atoms with Crippen LogP contribution in [0.4, 0.5) is 5.69 Å². The second kappa shape index (κ2) is 10.1. The van der Waals surface area contributed by atoms with Gasteiger partial charge >= 0.3 is 5.97 Å². The lowest BCUT2D eigenvalue weighted by Gasteiger charge is -2.46. The summed E-state index contributed by atoms with van der Waals surface area (Å²) in [6, 6.07) is 9.62. The monoisotopic (exact) mass is 440 g/mol. The van der Waals surface area contributed by atoms with E-state index in [9.17, 15) is 9.59 Å². The van der Waals surface area contributed by atoms with Gasteiger partial charge in [0.25, 0.3) is 5.91 Å². The van der Waals surface area contributed by atoms with E-state index in [4.69, 9.17) is 10.00 Å². The molecule has 1 unspecified atom stereocenters. The van der Waals surface area contributed by atoms with E-state index in [0.717, 1.165) is 43.6 Å². The van der Waals surface area contributed by atoms with Crippen molar-refractivity contribution in [3.8, 4) is 6.07 Å². The number of carbonyl (C=O) groups excluding carboxylic acids is 2. The molecule has 1 aliphatic rings. The molecule has 164 valence electrons. The molecule has 1 amide bonds. The minimum Gasteiger partial charge on any atom is -0.465 e. The number of carbonyl (C=O) groups is 2. The average Bonchev–Trinajstić information content (AvgIpc) is 3.15. The highest BCUT2D eigenvalue weighted by Crippen LogP contribution is 2.32. The van der Waals surface area contributed by atoms with Crippen molar-refractivity contribution < 1.29 is 18.8 Å². The van der Waals surface area contributed by atoms with E-state index < -0.39 is 5.97 Å². The average molecular weight is 441 g/mol. The highest BCUT2D eigenvalue weighted by molar-refractivity contribution is 7.12. The van der Waals surface area contributed by atoms with Crippen LogP contribution in [0.5, 0.6) is 0 Å². The molecule has 1 N–H and O–H groups in total. The highest BCUT2D eigenvalue weighted by Gasteiger charge is 2.42. The first-order chi connectivity index (χ1) is 14.9. The molecule has 0 bridgehead atoms. The molecule has 3 rings (SSSR count). The van der Waals surface area contributed by atoms with Gasteiger partial charge in [0.1, 0.15) is 11.4 Å². The van der Waals surface area contributed by atoms with Gasteiger partial charge in [-0.25, -0.2) is 4.79 Å². The van der Waals surface area contributed by atoms with E-state index in [1.807, 2.05) is 36.6 Å². The summed E-state index contributed by atoms with van der Waals surface area (Å²) in [4.78, 5) is 26.1. The first-order valence-corrected chi connectivity index (χ1v) is 11.6. The molecule has 1 aromatic heterocycles. The van der Waals surface area contributed by atoms with E-state index in [0.29, 0.717) is 27.0 Å². The molecule has 2 heterocycles.